The molecule has 86 valence electrons. The molecule has 1 rings (SSSR count). The van der Waals surface area contributed by atoms with Crippen molar-refractivity contribution in [2.45, 2.75) is 18.6 Å². The molecule has 16 heavy (non-hydrogen) atoms. The number of aromatic nitrogens is 2. The Bertz CT molecular complexity index is 379. The van der Waals surface area contributed by atoms with Gasteiger partial charge >= 0.3 is 0 Å². The van der Waals surface area contributed by atoms with E-state index in [0.717, 1.165) is 0 Å². The number of hydrogen-bond acceptors (Lipinski definition) is 5. The number of aliphatic hydroxyl groups is 2. The van der Waals surface area contributed by atoms with Crippen LogP contribution in [-0.4, -0.2) is 33.1 Å². The van der Waals surface area contributed by atoms with E-state index in [-0.39, 0.29) is 23.8 Å². The minimum atomic E-state index is -1.17. The second-order valence-electron chi connectivity index (χ2n) is 3.04. The highest BCUT2D eigenvalue weighted by atomic mass is 35.5. The van der Waals surface area contributed by atoms with Crippen LogP contribution in [0.2, 0.25) is 5.15 Å². The molecule has 0 amide bonds. The standard InChI is InChI=1S/C8H10ClN5O2/c9-7-2-1-5(12-13-7)8(16)6(15)3-4-11-14-10/h1-2,6,8,15-16H,3-4H2. The molecule has 1 aromatic rings. The van der Waals surface area contributed by atoms with Gasteiger partial charge in [0.25, 0.3) is 0 Å². The van der Waals surface area contributed by atoms with Crippen LogP contribution in [0.25, 0.3) is 10.4 Å². The minimum Gasteiger partial charge on any atom is -0.390 e. The third-order valence-corrected chi connectivity index (χ3v) is 2.11. The van der Waals surface area contributed by atoms with Gasteiger partial charge in [0.2, 0.25) is 0 Å². The Kier molecular flexibility index (Phi) is 4.94. The summed E-state index contributed by atoms with van der Waals surface area (Å²) in [5.74, 6) is 0. The summed E-state index contributed by atoms with van der Waals surface area (Å²) in [5, 5.41) is 29.8. The molecule has 0 aliphatic rings. The largest absolute Gasteiger partial charge is 0.390 e. The first-order chi connectivity index (χ1) is 7.65. The van der Waals surface area contributed by atoms with Gasteiger partial charge in [-0.25, -0.2) is 0 Å². The molecule has 2 N–H and O–H groups in total. The van der Waals surface area contributed by atoms with E-state index in [9.17, 15) is 10.2 Å². The molecule has 2 unspecified atom stereocenters. The van der Waals surface area contributed by atoms with Crippen LogP contribution in [-0.2, 0) is 0 Å². The fourth-order valence-electron chi connectivity index (χ4n) is 1.07. The van der Waals surface area contributed by atoms with E-state index in [0.29, 0.717) is 0 Å². The first-order valence-corrected chi connectivity index (χ1v) is 4.89. The maximum Gasteiger partial charge on any atom is 0.151 e. The molecule has 0 saturated heterocycles. The fourth-order valence-corrected chi connectivity index (χ4v) is 1.17. The van der Waals surface area contributed by atoms with Crippen LogP contribution in [0.4, 0.5) is 0 Å². The van der Waals surface area contributed by atoms with Crippen LogP contribution in [0.15, 0.2) is 17.2 Å². The molecule has 0 aliphatic carbocycles. The Balaban J connectivity index is 2.58. The zero-order valence-corrected chi connectivity index (χ0v) is 8.99. The van der Waals surface area contributed by atoms with E-state index >= 15 is 0 Å². The molecule has 1 aromatic heterocycles. The quantitative estimate of drug-likeness (QED) is 0.460. The van der Waals surface area contributed by atoms with Crippen LogP contribution in [0.3, 0.4) is 0 Å². The molecule has 0 bridgehead atoms. The maximum absolute atomic E-state index is 9.65. The van der Waals surface area contributed by atoms with Gasteiger partial charge in [-0.3, -0.25) is 0 Å². The molecular weight excluding hydrogens is 234 g/mol. The number of hydrogen-bond donors (Lipinski definition) is 2. The van der Waals surface area contributed by atoms with Gasteiger partial charge in [-0.2, -0.15) is 5.10 Å². The van der Waals surface area contributed by atoms with Crippen molar-refractivity contribution < 1.29 is 10.2 Å². The Hall–Kier alpha value is -1.40. The van der Waals surface area contributed by atoms with E-state index in [2.05, 4.69) is 20.2 Å². The molecule has 1 heterocycles. The normalized spacial score (nSPS) is 13.9. The topological polar surface area (TPSA) is 115 Å². The molecule has 0 radical (unpaired) electrons. The van der Waals surface area contributed by atoms with E-state index in [1.807, 2.05) is 0 Å². The number of halogens is 1. The minimum absolute atomic E-state index is 0.107. The monoisotopic (exact) mass is 243 g/mol. The molecule has 0 fully saturated rings. The highest BCUT2D eigenvalue weighted by molar-refractivity contribution is 6.29. The molecule has 2 atom stereocenters. The summed E-state index contributed by atoms with van der Waals surface area (Å²) in [4.78, 5) is 2.54. The second-order valence-corrected chi connectivity index (χ2v) is 3.42. The molecule has 0 aliphatic heterocycles. The number of rotatable bonds is 5. The number of nitrogens with zero attached hydrogens (tertiary/aromatic N) is 5. The summed E-state index contributed by atoms with van der Waals surface area (Å²) in [7, 11) is 0. The Morgan fingerprint density at radius 2 is 2.19 bits per heavy atom. The zero-order valence-electron chi connectivity index (χ0n) is 8.23. The van der Waals surface area contributed by atoms with E-state index in [1.165, 1.54) is 12.1 Å². The predicted molar refractivity (Wildman–Crippen MR) is 56.6 cm³/mol. The summed E-state index contributed by atoms with van der Waals surface area (Å²) in [6.45, 7) is 0.107. The predicted octanol–water partition coefficient (Wildman–Crippen LogP) is 1.22. The van der Waals surface area contributed by atoms with Crippen LogP contribution < -0.4 is 0 Å². The summed E-state index contributed by atoms with van der Waals surface area (Å²) in [5.41, 5.74) is 8.26. The molecule has 0 saturated carbocycles. The fraction of sp³-hybridized carbons (Fsp3) is 0.500. The van der Waals surface area contributed by atoms with Gasteiger partial charge in [0, 0.05) is 11.5 Å². The lowest BCUT2D eigenvalue weighted by Crippen LogP contribution is -2.20. The van der Waals surface area contributed by atoms with Gasteiger partial charge in [0.15, 0.2) is 5.15 Å². The molecule has 0 spiro atoms. The number of aliphatic hydroxyl groups excluding tert-OH is 2. The van der Waals surface area contributed by atoms with E-state index in [1.54, 1.807) is 0 Å². The van der Waals surface area contributed by atoms with Crippen molar-refractivity contribution in [1.29, 1.82) is 0 Å². The van der Waals surface area contributed by atoms with Crippen LogP contribution in [0, 0.1) is 0 Å². The van der Waals surface area contributed by atoms with Crippen LogP contribution >= 0.6 is 11.6 Å². The SMILES string of the molecule is [N-]=[N+]=NCCC(O)C(O)c1ccc(Cl)nn1. The van der Waals surface area contributed by atoms with Crippen molar-refractivity contribution in [1.82, 2.24) is 10.2 Å². The van der Waals surface area contributed by atoms with E-state index in [4.69, 9.17) is 17.1 Å². The van der Waals surface area contributed by atoms with Crippen molar-refractivity contribution in [3.63, 3.8) is 0 Å². The van der Waals surface area contributed by atoms with Crippen molar-refractivity contribution in [2.24, 2.45) is 5.11 Å². The van der Waals surface area contributed by atoms with Crippen molar-refractivity contribution in [3.05, 3.63) is 33.4 Å². The summed E-state index contributed by atoms with van der Waals surface area (Å²) in [6.07, 6.45) is -2.07. The van der Waals surface area contributed by atoms with Crippen molar-refractivity contribution in [3.8, 4) is 0 Å². The van der Waals surface area contributed by atoms with Crippen molar-refractivity contribution >= 4 is 11.6 Å². The van der Waals surface area contributed by atoms with Gasteiger partial charge in [-0.05, 0) is 24.1 Å². The lowest BCUT2D eigenvalue weighted by atomic mass is 10.1. The van der Waals surface area contributed by atoms with Crippen LogP contribution in [0.1, 0.15) is 18.2 Å². The average molecular weight is 244 g/mol. The number of azide groups is 1. The Labute approximate surface area is 96.3 Å². The lowest BCUT2D eigenvalue weighted by molar-refractivity contribution is 0.0120. The molecule has 0 aromatic carbocycles. The third-order valence-electron chi connectivity index (χ3n) is 1.91. The summed E-state index contributed by atoms with van der Waals surface area (Å²) < 4.78 is 0. The summed E-state index contributed by atoms with van der Waals surface area (Å²) >= 11 is 5.53. The van der Waals surface area contributed by atoms with Gasteiger partial charge in [0.05, 0.1) is 11.8 Å². The van der Waals surface area contributed by atoms with Crippen LogP contribution in [0.5, 0.6) is 0 Å². The van der Waals surface area contributed by atoms with Gasteiger partial charge in [-0.1, -0.05) is 16.7 Å². The average Bonchev–Trinajstić information content (AvgIpc) is 2.29. The maximum atomic E-state index is 9.65. The molecular formula is C8H10ClN5O2. The second kappa shape index (κ2) is 6.24. The molecule has 8 heteroatoms. The van der Waals surface area contributed by atoms with E-state index < -0.39 is 12.2 Å². The highest BCUT2D eigenvalue weighted by Gasteiger charge is 2.19. The Morgan fingerprint density at radius 3 is 2.75 bits per heavy atom. The first-order valence-electron chi connectivity index (χ1n) is 4.51. The third kappa shape index (κ3) is 3.63. The zero-order chi connectivity index (χ0) is 12.0. The molecule has 7 nitrogen and oxygen atoms in total. The van der Waals surface area contributed by atoms with Crippen molar-refractivity contribution in [2.75, 3.05) is 6.54 Å². The smallest absolute Gasteiger partial charge is 0.151 e. The lowest BCUT2D eigenvalue weighted by Gasteiger charge is -2.15. The Morgan fingerprint density at radius 1 is 1.44 bits per heavy atom. The van der Waals surface area contributed by atoms with Gasteiger partial charge in [-0.15, -0.1) is 5.10 Å². The van der Waals surface area contributed by atoms with Gasteiger partial charge < -0.3 is 10.2 Å². The highest BCUT2D eigenvalue weighted by Crippen LogP contribution is 2.17. The first kappa shape index (κ1) is 12.7. The van der Waals surface area contributed by atoms with Gasteiger partial charge in [0.1, 0.15) is 6.10 Å². The summed E-state index contributed by atoms with van der Waals surface area (Å²) in [6, 6.07) is 2.93.